The predicted octanol–water partition coefficient (Wildman–Crippen LogP) is 3.15. The van der Waals surface area contributed by atoms with Gasteiger partial charge in [-0.2, -0.15) is 0 Å². The number of nitrogens with zero attached hydrogens (tertiary/aromatic N) is 3. The lowest BCUT2D eigenvalue weighted by Crippen LogP contribution is -2.44. The summed E-state index contributed by atoms with van der Waals surface area (Å²) in [5.74, 6) is 2.71. The smallest absolute Gasteiger partial charge is 0.193 e. The first-order chi connectivity index (χ1) is 13.1. The molecule has 1 N–H and O–H groups in total. The van der Waals surface area contributed by atoms with Crippen molar-refractivity contribution in [2.24, 2.45) is 10.9 Å². The third-order valence-electron chi connectivity index (χ3n) is 5.64. The zero-order valence-corrected chi connectivity index (χ0v) is 17.3. The molecule has 150 valence electrons. The number of benzene rings is 1. The molecule has 1 aromatic carbocycles. The Labute approximate surface area is 164 Å². The first-order valence-electron chi connectivity index (χ1n) is 10.6. The van der Waals surface area contributed by atoms with Crippen LogP contribution in [-0.4, -0.2) is 68.2 Å². The Bertz CT molecular complexity index is 612. The van der Waals surface area contributed by atoms with Crippen molar-refractivity contribution in [2.45, 2.75) is 45.6 Å². The number of aryl methyl sites for hydroxylation is 1. The summed E-state index contributed by atoms with van der Waals surface area (Å²) < 4.78 is 6.03. The summed E-state index contributed by atoms with van der Waals surface area (Å²) in [5, 5.41) is 3.51. The van der Waals surface area contributed by atoms with Crippen molar-refractivity contribution >= 4 is 5.96 Å². The lowest BCUT2D eigenvalue weighted by atomic mass is 10.1. The van der Waals surface area contributed by atoms with E-state index in [1.165, 1.54) is 50.9 Å². The maximum atomic E-state index is 6.03. The standard InChI is InChI=1S/C22H36N4O/c1-18-8-7-9-21(14-18)27-19(2)15-24-22(23-3)26-13-10-20(17-26)16-25-11-5-4-6-12-25/h7-9,14,19-20H,4-6,10-13,15-17H2,1-3H3,(H,23,24). The van der Waals surface area contributed by atoms with Crippen LogP contribution in [0.25, 0.3) is 0 Å². The van der Waals surface area contributed by atoms with Gasteiger partial charge in [-0.05, 0) is 69.8 Å². The molecule has 2 aliphatic rings. The molecule has 5 nitrogen and oxygen atoms in total. The van der Waals surface area contributed by atoms with Gasteiger partial charge in [0.25, 0.3) is 0 Å². The number of piperidine rings is 1. The first-order valence-corrected chi connectivity index (χ1v) is 10.6. The van der Waals surface area contributed by atoms with Crippen molar-refractivity contribution in [3.8, 4) is 5.75 Å². The molecule has 2 heterocycles. The highest BCUT2D eigenvalue weighted by atomic mass is 16.5. The number of rotatable bonds is 6. The molecule has 0 spiro atoms. The molecule has 2 unspecified atom stereocenters. The van der Waals surface area contributed by atoms with E-state index in [0.29, 0.717) is 0 Å². The topological polar surface area (TPSA) is 40.1 Å². The van der Waals surface area contributed by atoms with Crippen LogP contribution in [0.5, 0.6) is 5.75 Å². The van der Waals surface area contributed by atoms with E-state index < -0.39 is 0 Å². The Balaban J connectivity index is 1.42. The van der Waals surface area contributed by atoms with E-state index in [1.54, 1.807) is 0 Å². The lowest BCUT2D eigenvalue weighted by Gasteiger charge is -2.29. The molecule has 0 radical (unpaired) electrons. The molecule has 0 aromatic heterocycles. The van der Waals surface area contributed by atoms with Crippen LogP contribution < -0.4 is 10.1 Å². The summed E-state index contributed by atoms with van der Waals surface area (Å²) in [5.41, 5.74) is 1.22. The van der Waals surface area contributed by atoms with E-state index in [9.17, 15) is 0 Å². The van der Waals surface area contributed by atoms with Gasteiger partial charge < -0.3 is 19.9 Å². The Morgan fingerprint density at radius 2 is 2.07 bits per heavy atom. The number of aliphatic imine (C=N–C) groups is 1. The average molecular weight is 373 g/mol. The van der Waals surface area contributed by atoms with Gasteiger partial charge in [-0.1, -0.05) is 18.6 Å². The second kappa shape index (κ2) is 9.98. The van der Waals surface area contributed by atoms with E-state index in [4.69, 9.17) is 4.74 Å². The van der Waals surface area contributed by atoms with E-state index >= 15 is 0 Å². The van der Waals surface area contributed by atoms with Crippen molar-refractivity contribution in [1.29, 1.82) is 0 Å². The summed E-state index contributed by atoms with van der Waals surface area (Å²) in [7, 11) is 1.88. The predicted molar refractivity (Wildman–Crippen MR) is 113 cm³/mol. The monoisotopic (exact) mass is 372 g/mol. The van der Waals surface area contributed by atoms with Gasteiger partial charge in [-0.15, -0.1) is 0 Å². The van der Waals surface area contributed by atoms with Crippen LogP contribution in [-0.2, 0) is 0 Å². The zero-order valence-electron chi connectivity index (χ0n) is 17.3. The molecular weight excluding hydrogens is 336 g/mol. The minimum absolute atomic E-state index is 0.0929. The van der Waals surface area contributed by atoms with Gasteiger partial charge in [0.1, 0.15) is 11.9 Å². The Morgan fingerprint density at radius 3 is 2.81 bits per heavy atom. The van der Waals surface area contributed by atoms with Crippen LogP contribution in [0.4, 0.5) is 0 Å². The Kier molecular flexibility index (Phi) is 7.39. The number of hydrogen-bond donors (Lipinski definition) is 1. The number of ether oxygens (including phenoxy) is 1. The number of hydrogen-bond acceptors (Lipinski definition) is 3. The number of guanidine groups is 1. The quantitative estimate of drug-likeness (QED) is 0.615. The van der Waals surface area contributed by atoms with Gasteiger partial charge in [0.2, 0.25) is 0 Å². The van der Waals surface area contributed by atoms with Gasteiger partial charge in [-0.25, -0.2) is 0 Å². The maximum absolute atomic E-state index is 6.03. The van der Waals surface area contributed by atoms with Crippen LogP contribution in [0.3, 0.4) is 0 Å². The summed E-state index contributed by atoms with van der Waals surface area (Å²) >= 11 is 0. The molecule has 3 rings (SSSR count). The minimum atomic E-state index is 0.0929. The Morgan fingerprint density at radius 1 is 1.26 bits per heavy atom. The molecule has 0 bridgehead atoms. The highest BCUT2D eigenvalue weighted by Crippen LogP contribution is 2.20. The van der Waals surface area contributed by atoms with Gasteiger partial charge in [0, 0.05) is 26.7 Å². The molecule has 2 saturated heterocycles. The molecule has 2 aliphatic heterocycles. The molecular formula is C22H36N4O. The second-order valence-electron chi connectivity index (χ2n) is 8.14. The molecule has 2 atom stereocenters. The van der Waals surface area contributed by atoms with E-state index in [-0.39, 0.29) is 6.10 Å². The number of likely N-dealkylation sites (tertiary alicyclic amines) is 2. The average Bonchev–Trinajstić information content (AvgIpc) is 3.11. The SMILES string of the molecule is CN=C(NCC(C)Oc1cccc(C)c1)N1CCC(CN2CCCCC2)C1. The van der Waals surface area contributed by atoms with E-state index in [0.717, 1.165) is 37.3 Å². The fourth-order valence-corrected chi connectivity index (χ4v) is 4.21. The molecule has 0 amide bonds. The van der Waals surface area contributed by atoms with Crippen LogP contribution in [0.2, 0.25) is 0 Å². The van der Waals surface area contributed by atoms with Gasteiger partial charge in [-0.3, -0.25) is 4.99 Å². The van der Waals surface area contributed by atoms with Crippen molar-refractivity contribution in [3.63, 3.8) is 0 Å². The molecule has 0 saturated carbocycles. The third-order valence-corrected chi connectivity index (χ3v) is 5.64. The zero-order chi connectivity index (χ0) is 19.1. The second-order valence-corrected chi connectivity index (χ2v) is 8.14. The van der Waals surface area contributed by atoms with Crippen molar-refractivity contribution in [1.82, 2.24) is 15.1 Å². The van der Waals surface area contributed by atoms with Crippen molar-refractivity contribution < 1.29 is 4.74 Å². The first kappa shape index (κ1) is 20.0. The third kappa shape index (κ3) is 6.13. The molecule has 5 heteroatoms. The summed E-state index contributed by atoms with van der Waals surface area (Å²) in [4.78, 5) is 9.58. The fraction of sp³-hybridized carbons (Fsp3) is 0.682. The normalized spacial score (nSPS) is 22.7. The van der Waals surface area contributed by atoms with Crippen LogP contribution in [0, 0.1) is 12.8 Å². The molecule has 2 fully saturated rings. The van der Waals surface area contributed by atoms with Gasteiger partial charge in [0.15, 0.2) is 5.96 Å². The lowest BCUT2D eigenvalue weighted by molar-refractivity contribution is 0.197. The maximum Gasteiger partial charge on any atom is 0.193 e. The highest BCUT2D eigenvalue weighted by molar-refractivity contribution is 5.80. The van der Waals surface area contributed by atoms with Crippen molar-refractivity contribution in [2.75, 3.05) is 46.3 Å². The van der Waals surface area contributed by atoms with Gasteiger partial charge >= 0.3 is 0 Å². The summed E-state index contributed by atoms with van der Waals surface area (Å²) in [6, 6.07) is 8.22. The molecule has 1 aromatic rings. The van der Waals surface area contributed by atoms with E-state index in [1.807, 2.05) is 19.2 Å². The van der Waals surface area contributed by atoms with Crippen LogP contribution in [0.1, 0.15) is 38.2 Å². The van der Waals surface area contributed by atoms with E-state index in [2.05, 4.69) is 46.1 Å². The molecule has 0 aliphatic carbocycles. The fourth-order valence-electron chi connectivity index (χ4n) is 4.21. The number of nitrogens with one attached hydrogen (secondary N) is 1. The minimum Gasteiger partial charge on any atom is -0.489 e. The summed E-state index contributed by atoms with van der Waals surface area (Å²) in [6.45, 7) is 11.0. The Hall–Kier alpha value is -1.75. The molecule has 27 heavy (non-hydrogen) atoms. The van der Waals surface area contributed by atoms with Crippen LogP contribution in [0.15, 0.2) is 29.3 Å². The largest absolute Gasteiger partial charge is 0.489 e. The van der Waals surface area contributed by atoms with Crippen molar-refractivity contribution in [3.05, 3.63) is 29.8 Å². The van der Waals surface area contributed by atoms with Crippen LogP contribution >= 0.6 is 0 Å². The summed E-state index contributed by atoms with van der Waals surface area (Å²) in [6.07, 6.45) is 5.52. The highest BCUT2D eigenvalue weighted by Gasteiger charge is 2.27. The van der Waals surface area contributed by atoms with Gasteiger partial charge in [0.05, 0.1) is 6.54 Å².